The zero-order chi connectivity index (χ0) is 15.4. The third-order valence-electron chi connectivity index (χ3n) is 3.41. The second kappa shape index (κ2) is 6.32. The number of carbonyl (C=O) groups excluding carboxylic acids is 1. The van der Waals surface area contributed by atoms with Gasteiger partial charge in [0.2, 0.25) is 0 Å². The van der Waals surface area contributed by atoms with Crippen LogP contribution in [0.15, 0.2) is 71.6 Å². The summed E-state index contributed by atoms with van der Waals surface area (Å²) in [6.07, 6.45) is 5.39. The zero-order valence-corrected chi connectivity index (χ0v) is 11.8. The molecule has 1 amide bonds. The van der Waals surface area contributed by atoms with E-state index in [0.29, 0.717) is 11.3 Å². The van der Waals surface area contributed by atoms with E-state index < -0.39 is 6.04 Å². The minimum Gasteiger partial charge on any atom is -0.467 e. The van der Waals surface area contributed by atoms with E-state index in [4.69, 9.17) is 4.42 Å². The predicted octanol–water partition coefficient (Wildman–Crippen LogP) is 2.53. The van der Waals surface area contributed by atoms with Gasteiger partial charge in [-0.2, -0.15) is 0 Å². The Morgan fingerprint density at radius 2 is 1.86 bits per heavy atom. The molecule has 0 saturated heterocycles. The lowest BCUT2D eigenvalue weighted by Crippen LogP contribution is -2.30. The number of aromatic nitrogens is 1. The zero-order valence-electron chi connectivity index (χ0n) is 11.8. The van der Waals surface area contributed by atoms with Gasteiger partial charge in [0.25, 0.3) is 5.91 Å². The van der Waals surface area contributed by atoms with E-state index in [0.717, 1.165) is 5.69 Å². The Bertz CT molecular complexity index is 716. The average molecular weight is 296 g/mol. The molecule has 2 aromatic heterocycles. The lowest BCUT2D eigenvalue weighted by Gasteiger charge is -2.14. The number of benzene rings is 1. The van der Waals surface area contributed by atoms with Crippen LogP contribution in [0.3, 0.4) is 0 Å². The molecule has 3 rings (SSSR count). The maximum Gasteiger partial charge on any atom is 0.251 e. The third-order valence-corrected chi connectivity index (χ3v) is 3.41. The molecule has 0 aliphatic heterocycles. The number of hydrogen-bond acceptors (Lipinski definition) is 3. The lowest BCUT2D eigenvalue weighted by molar-refractivity contribution is 0.0907. The molecule has 1 unspecified atom stereocenters. The standard InChI is InChI=1S/C17H16N2O3/c20-12-15(16-4-3-11-22-16)18-17(21)13-5-7-14(8-6-13)19-9-1-2-10-19/h1-11,15,20H,12H2,(H,18,21). The molecule has 0 bridgehead atoms. The highest BCUT2D eigenvalue weighted by atomic mass is 16.3. The molecular weight excluding hydrogens is 280 g/mol. The van der Waals surface area contributed by atoms with Gasteiger partial charge in [-0.15, -0.1) is 0 Å². The number of nitrogens with one attached hydrogen (secondary N) is 1. The average Bonchev–Trinajstić information content (AvgIpc) is 3.25. The second-order valence-electron chi connectivity index (χ2n) is 4.86. The molecule has 0 radical (unpaired) electrons. The fourth-order valence-corrected chi connectivity index (χ4v) is 2.23. The minimum absolute atomic E-state index is 0.222. The number of aliphatic hydroxyl groups excluding tert-OH is 1. The first kappa shape index (κ1) is 14.2. The molecule has 1 atom stereocenters. The van der Waals surface area contributed by atoms with Crippen molar-refractivity contribution < 1.29 is 14.3 Å². The Morgan fingerprint density at radius 1 is 1.14 bits per heavy atom. The quantitative estimate of drug-likeness (QED) is 0.760. The van der Waals surface area contributed by atoms with Crippen LogP contribution in [0.1, 0.15) is 22.2 Å². The first-order valence-corrected chi connectivity index (χ1v) is 6.96. The highest BCUT2D eigenvalue weighted by Crippen LogP contribution is 2.15. The Hall–Kier alpha value is -2.79. The molecule has 22 heavy (non-hydrogen) atoms. The Labute approximate surface area is 127 Å². The molecule has 2 heterocycles. The fourth-order valence-electron chi connectivity index (χ4n) is 2.23. The van der Waals surface area contributed by atoms with Crippen molar-refractivity contribution in [3.05, 3.63) is 78.5 Å². The summed E-state index contributed by atoms with van der Waals surface area (Å²) >= 11 is 0. The molecule has 3 aromatic rings. The number of rotatable bonds is 5. The maximum atomic E-state index is 12.2. The van der Waals surface area contributed by atoms with Gasteiger partial charge < -0.3 is 19.4 Å². The van der Waals surface area contributed by atoms with Crippen molar-refractivity contribution in [2.24, 2.45) is 0 Å². The van der Waals surface area contributed by atoms with Crippen LogP contribution in [0.2, 0.25) is 0 Å². The summed E-state index contributed by atoms with van der Waals surface area (Å²) in [6.45, 7) is -0.222. The lowest BCUT2D eigenvalue weighted by atomic mass is 10.1. The Morgan fingerprint density at radius 3 is 2.45 bits per heavy atom. The van der Waals surface area contributed by atoms with Crippen molar-refractivity contribution in [3.8, 4) is 5.69 Å². The number of amides is 1. The maximum absolute atomic E-state index is 12.2. The molecule has 2 N–H and O–H groups in total. The normalized spacial score (nSPS) is 12.0. The van der Waals surface area contributed by atoms with Gasteiger partial charge in [0.05, 0.1) is 12.9 Å². The van der Waals surface area contributed by atoms with Gasteiger partial charge in [-0.3, -0.25) is 4.79 Å². The number of aliphatic hydroxyl groups is 1. The topological polar surface area (TPSA) is 67.4 Å². The fraction of sp³-hybridized carbons (Fsp3) is 0.118. The summed E-state index contributed by atoms with van der Waals surface area (Å²) in [7, 11) is 0. The predicted molar refractivity (Wildman–Crippen MR) is 81.8 cm³/mol. The van der Waals surface area contributed by atoms with E-state index >= 15 is 0 Å². The van der Waals surface area contributed by atoms with Crippen molar-refractivity contribution >= 4 is 5.91 Å². The first-order chi connectivity index (χ1) is 10.8. The first-order valence-electron chi connectivity index (χ1n) is 6.96. The van der Waals surface area contributed by atoms with Crippen LogP contribution in [0.25, 0.3) is 5.69 Å². The smallest absolute Gasteiger partial charge is 0.251 e. The summed E-state index contributed by atoms with van der Waals surface area (Å²) in [6, 6.07) is 14.0. The number of nitrogens with zero attached hydrogens (tertiary/aromatic N) is 1. The van der Waals surface area contributed by atoms with Gasteiger partial charge in [0.1, 0.15) is 11.8 Å². The molecular formula is C17H16N2O3. The van der Waals surface area contributed by atoms with Gasteiger partial charge in [-0.25, -0.2) is 0 Å². The monoisotopic (exact) mass is 296 g/mol. The summed E-state index contributed by atoms with van der Waals surface area (Å²) in [4.78, 5) is 12.2. The summed E-state index contributed by atoms with van der Waals surface area (Å²) in [5, 5.41) is 12.1. The van der Waals surface area contributed by atoms with Gasteiger partial charge >= 0.3 is 0 Å². The molecule has 0 aliphatic rings. The highest BCUT2D eigenvalue weighted by molar-refractivity contribution is 5.94. The van der Waals surface area contributed by atoms with E-state index in [9.17, 15) is 9.90 Å². The van der Waals surface area contributed by atoms with Gasteiger partial charge in [0, 0.05) is 23.6 Å². The van der Waals surface area contributed by atoms with Crippen LogP contribution in [-0.2, 0) is 0 Å². The molecule has 112 valence electrons. The van der Waals surface area contributed by atoms with Crippen LogP contribution in [0.5, 0.6) is 0 Å². The molecule has 1 aromatic carbocycles. The summed E-state index contributed by atoms with van der Waals surface area (Å²) in [5.74, 6) is 0.273. The SMILES string of the molecule is O=C(NC(CO)c1ccco1)c1ccc(-n2cccc2)cc1. The van der Waals surface area contributed by atoms with E-state index in [1.54, 1.807) is 24.3 Å². The minimum atomic E-state index is -0.549. The highest BCUT2D eigenvalue weighted by Gasteiger charge is 2.17. The summed E-state index contributed by atoms with van der Waals surface area (Å²) in [5.41, 5.74) is 1.51. The van der Waals surface area contributed by atoms with Crippen molar-refractivity contribution in [1.82, 2.24) is 9.88 Å². The molecule has 0 saturated carbocycles. The van der Waals surface area contributed by atoms with Crippen molar-refractivity contribution in [2.45, 2.75) is 6.04 Å². The Kier molecular flexibility index (Phi) is 4.07. The van der Waals surface area contributed by atoms with Gasteiger partial charge in [-0.1, -0.05) is 0 Å². The molecule has 5 heteroatoms. The second-order valence-corrected chi connectivity index (χ2v) is 4.86. The largest absolute Gasteiger partial charge is 0.467 e. The van der Waals surface area contributed by atoms with Crippen LogP contribution >= 0.6 is 0 Å². The van der Waals surface area contributed by atoms with Crippen LogP contribution in [0, 0.1) is 0 Å². The van der Waals surface area contributed by atoms with E-state index in [-0.39, 0.29) is 12.5 Å². The molecule has 0 aliphatic carbocycles. The molecule has 0 spiro atoms. The molecule has 5 nitrogen and oxygen atoms in total. The molecule has 0 fully saturated rings. The van der Waals surface area contributed by atoms with Crippen molar-refractivity contribution in [1.29, 1.82) is 0 Å². The van der Waals surface area contributed by atoms with Crippen molar-refractivity contribution in [3.63, 3.8) is 0 Å². The van der Waals surface area contributed by atoms with E-state index in [1.165, 1.54) is 6.26 Å². The van der Waals surface area contributed by atoms with Crippen LogP contribution < -0.4 is 5.32 Å². The third kappa shape index (κ3) is 2.94. The summed E-state index contributed by atoms with van der Waals surface area (Å²) < 4.78 is 7.17. The van der Waals surface area contributed by atoms with Crippen LogP contribution in [-0.4, -0.2) is 22.2 Å². The van der Waals surface area contributed by atoms with E-state index in [2.05, 4.69) is 5.32 Å². The Balaban J connectivity index is 1.72. The number of hydrogen-bond donors (Lipinski definition) is 2. The van der Waals surface area contributed by atoms with Crippen molar-refractivity contribution in [2.75, 3.05) is 6.61 Å². The number of furan rings is 1. The van der Waals surface area contributed by atoms with Crippen LogP contribution in [0.4, 0.5) is 0 Å². The van der Waals surface area contributed by atoms with Gasteiger partial charge in [-0.05, 0) is 48.5 Å². The number of carbonyl (C=O) groups is 1. The van der Waals surface area contributed by atoms with E-state index in [1.807, 2.05) is 41.2 Å². The van der Waals surface area contributed by atoms with Gasteiger partial charge in [0.15, 0.2) is 0 Å².